The normalized spacial score (nSPS) is 14.6. The standard InChI is InChI=1S/C19H21N5O2S/c1-11-12(2)20-19(22-17(11)25)24-16(21-18(26)13-6-3-4-7-13)10-14(23-24)15-8-5-9-27-15/h5,8-10,13H,3-4,6-7H2,1-2H3,(H,21,26)(H,20,22,25). The molecule has 0 aromatic carbocycles. The topological polar surface area (TPSA) is 92.7 Å². The van der Waals surface area contributed by atoms with Gasteiger partial charge in [0.05, 0.1) is 4.88 Å². The Hall–Kier alpha value is -2.74. The van der Waals surface area contributed by atoms with E-state index in [2.05, 4.69) is 20.4 Å². The van der Waals surface area contributed by atoms with Gasteiger partial charge in [-0.3, -0.25) is 14.6 Å². The molecule has 0 saturated heterocycles. The number of hydrogen-bond donors (Lipinski definition) is 2. The molecule has 8 heteroatoms. The van der Waals surface area contributed by atoms with Crippen LogP contribution in [0.2, 0.25) is 0 Å². The maximum Gasteiger partial charge on any atom is 0.255 e. The van der Waals surface area contributed by atoms with Gasteiger partial charge in [-0.2, -0.15) is 9.78 Å². The van der Waals surface area contributed by atoms with E-state index in [1.54, 1.807) is 25.2 Å². The summed E-state index contributed by atoms with van der Waals surface area (Å²) in [5, 5.41) is 9.56. The molecule has 0 spiro atoms. The number of H-pyrrole nitrogens is 1. The molecule has 1 aliphatic rings. The molecule has 2 N–H and O–H groups in total. The summed E-state index contributed by atoms with van der Waals surface area (Å²) in [4.78, 5) is 33.0. The van der Waals surface area contributed by atoms with E-state index in [-0.39, 0.29) is 17.4 Å². The zero-order chi connectivity index (χ0) is 19.0. The molecule has 1 aliphatic carbocycles. The van der Waals surface area contributed by atoms with Crippen molar-refractivity contribution in [1.29, 1.82) is 0 Å². The van der Waals surface area contributed by atoms with Crippen molar-refractivity contribution in [1.82, 2.24) is 19.7 Å². The summed E-state index contributed by atoms with van der Waals surface area (Å²) in [6, 6.07) is 5.75. The Morgan fingerprint density at radius 1 is 1.33 bits per heavy atom. The maximum absolute atomic E-state index is 12.6. The molecule has 3 aromatic rings. The summed E-state index contributed by atoms with van der Waals surface area (Å²) >= 11 is 1.57. The van der Waals surface area contributed by atoms with Crippen LogP contribution in [0.25, 0.3) is 16.5 Å². The van der Waals surface area contributed by atoms with E-state index >= 15 is 0 Å². The summed E-state index contributed by atoms with van der Waals surface area (Å²) in [5.41, 5.74) is 1.72. The van der Waals surface area contributed by atoms with Crippen molar-refractivity contribution in [2.45, 2.75) is 39.5 Å². The minimum atomic E-state index is -0.209. The fourth-order valence-corrected chi connectivity index (χ4v) is 4.00. The van der Waals surface area contributed by atoms with Gasteiger partial charge >= 0.3 is 0 Å². The lowest BCUT2D eigenvalue weighted by Gasteiger charge is -2.12. The van der Waals surface area contributed by atoms with Gasteiger partial charge in [0.2, 0.25) is 11.9 Å². The number of nitrogens with one attached hydrogen (secondary N) is 2. The van der Waals surface area contributed by atoms with Gasteiger partial charge in [0.1, 0.15) is 11.5 Å². The van der Waals surface area contributed by atoms with Crippen molar-refractivity contribution in [2.24, 2.45) is 5.92 Å². The monoisotopic (exact) mass is 383 g/mol. The Bertz CT molecular complexity index is 1030. The van der Waals surface area contributed by atoms with Gasteiger partial charge in [-0.05, 0) is 38.1 Å². The number of hydrogen-bond acceptors (Lipinski definition) is 5. The van der Waals surface area contributed by atoms with Crippen LogP contribution in [0.15, 0.2) is 28.4 Å². The summed E-state index contributed by atoms with van der Waals surface area (Å²) in [6.45, 7) is 3.52. The number of carbonyl (C=O) groups is 1. The number of aromatic amines is 1. The second kappa shape index (κ2) is 7.11. The van der Waals surface area contributed by atoms with Crippen molar-refractivity contribution in [2.75, 3.05) is 5.32 Å². The molecule has 1 amide bonds. The van der Waals surface area contributed by atoms with Crippen molar-refractivity contribution in [3.05, 3.63) is 45.2 Å². The molecule has 0 aliphatic heterocycles. The maximum atomic E-state index is 12.6. The summed E-state index contributed by atoms with van der Waals surface area (Å²) in [7, 11) is 0. The van der Waals surface area contributed by atoms with Gasteiger partial charge < -0.3 is 5.32 Å². The lowest BCUT2D eigenvalue weighted by molar-refractivity contribution is -0.119. The van der Waals surface area contributed by atoms with E-state index in [1.165, 1.54) is 4.68 Å². The zero-order valence-corrected chi connectivity index (χ0v) is 16.1. The Morgan fingerprint density at radius 2 is 2.11 bits per heavy atom. The lowest BCUT2D eigenvalue weighted by Crippen LogP contribution is -2.24. The van der Waals surface area contributed by atoms with Crippen LogP contribution < -0.4 is 10.9 Å². The third-order valence-corrected chi connectivity index (χ3v) is 5.94. The fraction of sp³-hybridized carbons (Fsp3) is 0.368. The number of nitrogens with zero attached hydrogens (tertiary/aromatic N) is 3. The van der Waals surface area contributed by atoms with Crippen LogP contribution in [-0.4, -0.2) is 25.7 Å². The first-order valence-corrected chi connectivity index (χ1v) is 9.93. The van der Waals surface area contributed by atoms with E-state index in [1.807, 2.05) is 23.6 Å². The smallest absolute Gasteiger partial charge is 0.255 e. The van der Waals surface area contributed by atoms with E-state index in [9.17, 15) is 9.59 Å². The highest BCUT2D eigenvalue weighted by atomic mass is 32.1. The van der Waals surface area contributed by atoms with Crippen molar-refractivity contribution >= 4 is 23.1 Å². The highest BCUT2D eigenvalue weighted by molar-refractivity contribution is 7.13. The Labute approximate surface area is 160 Å². The van der Waals surface area contributed by atoms with Crippen LogP contribution in [0.3, 0.4) is 0 Å². The Kier molecular flexibility index (Phi) is 4.65. The van der Waals surface area contributed by atoms with Gasteiger partial charge in [-0.1, -0.05) is 18.9 Å². The van der Waals surface area contributed by atoms with Crippen molar-refractivity contribution < 1.29 is 4.79 Å². The molecule has 140 valence electrons. The van der Waals surface area contributed by atoms with Crippen LogP contribution in [0.4, 0.5) is 5.82 Å². The third kappa shape index (κ3) is 3.44. The molecule has 27 heavy (non-hydrogen) atoms. The van der Waals surface area contributed by atoms with Crippen LogP contribution in [0.5, 0.6) is 0 Å². The Morgan fingerprint density at radius 3 is 2.78 bits per heavy atom. The largest absolute Gasteiger partial charge is 0.310 e. The molecule has 1 saturated carbocycles. The van der Waals surface area contributed by atoms with Crippen LogP contribution in [0.1, 0.15) is 36.9 Å². The molecule has 0 unspecified atom stereocenters. The first-order chi connectivity index (χ1) is 13.0. The summed E-state index contributed by atoms with van der Waals surface area (Å²) in [6.07, 6.45) is 4.00. The lowest BCUT2D eigenvalue weighted by atomic mass is 10.1. The van der Waals surface area contributed by atoms with Gasteiger partial charge in [-0.15, -0.1) is 11.3 Å². The fourth-order valence-electron chi connectivity index (χ4n) is 3.32. The number of rotatable bonds is 4. The van der Waals surface area contributed by atoms with E-state index in [0.29, 0.717) is 23.0 Å². The summed E-state index contributed by atoms with van der Waals surface area (Å²) < 4.78 is 1.51. The minimum absolute atomic E-state index is 0.00226. The number of aromatic nitrogens is 4. The van der Waals surface area contributed by atoms with Gasteiger partial charge in [0, 0.05) is 23.2 Å². The minimum Gasteiger partial charge on any atom is -0.310 e. The SMILES string of the molecule is Cc1nc(-n2nc(-c3cccs3)cc2NC(=O)C2CCCC2)[nH]c(=O)c1C. The second-order valence-corrected chi connectivity index (χ2v) is 7.82. The van der Waals surface area contributed by atoms with Crippen LogP contribution in [0, 0.1) is 19.8 Å². The molecule has 3 heterocycles. The zero-order valence-electron chi connectivity index (χ0n) is 15.3. The summed E-state index contributed by atoms with van der Waals surface area (Å²) in [5.74, 6) is 0.845. The molecular formula is C19H21N5O2S. The molecule has 0 radical (unpaired) electrons. The molecule has 0 bridgehead atoms. The van der Waals surface area contributed by atoms with Crippen LogP contribution in [-0.2, 0) is 4.79 Å². The number of aryl methyl sites for hydroxylation is 1. The van der Waals surface area contributed by atoms with Crippen LogP contribution >= 0.6 is 11.3 Å². The average Bonchev–Trinajstić information content (AvgIpc) is 3.39. The van der Waals surface area contributed by atoms with E-state index < -0.39 is 0 Å². The van der Waals surface area contributed by atoms with Gasteiger partial charge in [-0.25, -0.2) is 4.98 Å². The average molecular weight is 383 g/mol. The molecule has 0 atom stereocenters. The number of amides is 1. The van der Waals surface area contributed by atoms with Gasteiger partial charge in [0.25, 0.3) is 5.56 Å². The third-order valence-electron chi connectivity index (χ3n) is 5.04. The molecule has 1 fully saturated rings. The predicted octanol–water partition coefficient (Wildman–Crippen LogP) is 3.43. The van der Waals surface area contributed by atoms with E-state index in [4.69, 9.17) is 0 Å². The second-order valence-electron chi connectivity index (χ2n) is 6.87. The number of thiophene rings is 1. The predicted molar refractivity (Wildman–Crippen MR) is 105 cm³/mol. The molecule has 3 aromatic heterocycles. The van der Waals surface area contributed by atoms with Crippen molar-refractivity contribution in [3.63, 3.8) is 0 Å². The Balaban J connectivity index is 1.76. The molecular weight excluding hydrogens is 362 g/mol. The number of carbonyl (C=O) groups excluding carboxylic acids is 1. The highest BCUT2D eigenvalue weighted by Crippen LogP contribution is 2.29. The first-order valence-electron chi connectivity index (χ1n) is 9.05. The first kappa shape index (κ1) is 17.7. The molecule has 4 rings (SSSR count). The highest BCUT2D eigenvalue weighted by Gasteiger charge is 2.25. The number of anilines is 1. The quantitative estimate of drug-likeness (QED) is 0.722. The van der Waals surface area contributed by atoms with E-state index in [0.717, 1.165) is 36.3 Å². The molecule has 7 nitrogen and oxygen atoms in total. The van der Waals surface area contributed by atoms with Gasteiger partial charge in [0.15, 0.2) is 0 Å². The van der Waals surface area contributed by atoms with Crippen molar-refractivity contribution in [3.8, 4) is 16.5 Å².